The van der Waals surface area contributed by atoms with E-state index in [9.17, 15) is 0 Å². The molecule has 0 saturated carbocycles. The number of benzene rings is 8. The summed E-state index contributed by atoms with van der Waals surface area (Å²) in [5.41, 5.74) is 7.08. The first-order valence-corrected chi connectivity index (χ1v) is 22.0. The number of rotatable bonds is 12. The molecular formula is C56H48N4O2. The molecule has 0 aromatic heterocycles. The van der Waals surface area contributed by atoms with Gasteiger partial charge in [0, 0.05) is 26.2 Å². The summed E-state index contributed by atoms with van der Waals surface area (Å²) in [6.07, 6.45) is 3.04. The molecule has 0 radical (unpaired) electrons. The third-order valence-electron chi connectivity index (χ3n) is 13.2. The van der Waals surface area contributed by atoms with Crippen molar-refractivity contribution in [3.63, 3.8) is 0 Å². The van der Waals surface area contributed by atoms with Crippen LogP contribution in [-0.2, 0) is 35.3 Å². The fourth-order valence-electron chi connectivity index (χ4n) is 9.89. The molecule has 11 rings (SSSR count). The Kier molecular flexibility index (Phi) is 9.76. The summed E-state index contributed by atoms with van der Waals surface area (Å²) in [4.78, 5) is 39.5. The van der Waals surface area contributed by atoms with E-state index in [1.54, 1.807) is 0 Å². The first-order valence-electron chi connectivity index (χ1n) is 22.0. The van der Waals surface area contributed by atoms with Crippen LogP contribution in [0.1, 0.15) is 22.3 Å². The summed E-state index contributed by atoms with van der Waals surface area (Å²) >= 11 is 0. The highest BCUT2D eigenvalue weighted by Crippen LogP contribution is 2.40. The van der Waals surface area contributed by atoms with E-state index in [4.69, 9.17) is 0 Å². The van der Waals surface area contributed by atoms with Crippen molar-refractivity contribution in [1.29, 1.82) is 0 Å². The molecule has 0 bridgehead atoms. The predicted octanol–water partition coefficient (Wildman–Crippen LogP) is 10.3. The maximum atomic E-state index is 15.4. The molecule has 304 valence electrons. The average Bonchev–Trinajstić information content (AvgIpc) is 3.89. The van der Waals surface area contributed by atoms with Crippen LogP contribution in [-0.4, -0.2) is 70.7 Å². The lowest BCUT2D eigenvalue weighted by molar-refractivity contribution is -0.118. The number of carbonyl (C=O) groups excluding carboxylic acids is 2. The van der Waals surface area contributed by atoms with Gasteiger partial charge in [-0.2, -0.15) is 0 Å². The predicted molar refractivity (Wildman–Crippen MR) is 251 cm³/mol. The van der Waals surface area contributed by atoms with Crippen molar-refractivity contribution in [2.45, 2.75) is 25.7 Å². The van der Waals surface area contributed by atoms with Crippen molar-refractivity contribution >= 4 is 54.7 Å². The second-order valence-corrected chi connectivity index (χ2v) is 17.1. The second kappa shape index (κ2) is 16.0. The lowest BCUT2D eigenvalue weighted by Crippen LogP contribution is -2.35. The van der Waals surface area contributed by atoms with E-state index >= 15 is 9.59 Å². The van der Waals surface area contributed by atoms with Crippen molar-refractivity contribution in [2.75, 3.05) is 39.5 Å². The first kappa shape index (κ1) is 37.8. The van der Waals surface area contributed by atoms with Crippen molar-refractivity contribution in [1.82, 2.24) is 19.6 Å². The number of nitrogens with zero attached hydrogens (tertiary/aromatic N) is 4. The molecule has 0 fully saturated rings. The molecule has 62 heavy (non-hydrogen) atoms. The molecule has 8 aromatic carbocycles. The Labute approximate surface area is 362 Å². The third-order valence-corrected chi connectivity index (χ3v) is 13.2. The van der Waals surface area contributed by atoms with Crippen LogP contribution in [0.15, 0.2) is 193 Å². The Morgan fingerprint density at radius 2 is 0.516 bits per heavy atom. The van der Waals surface area contributed by atoms with Gasteiger partial charge < -0.3 is 19.6 Å². The van der Waals surface area contributed by atoms with Crippen LogP contribution in [0.4, 0.5) is 0 Å². The molecular weight excluding hydrogens is 761 g/mol. The number of hydrogen-bond acceptors (Lipinski definition) is 6. The van der Waals surface area contributed by atoms with Crippen molar-refractivity contribution in [3.05, 3.63) is 215 Å². The van der Waals surface area contributed by atoms with E-state index in [2.05, 4.69) is 189 Å². The zero-order valence-electron chi connectivity index (χ0n) is 34.8. The molecule has 0 amide bonds. The van der Waals surface area contributed by atoms with E-state index < -0.39 is 0 Å². The monoisotopic (exact) mass is 808 g/mol. The maximum Gasteiger partial charge on any atom is 0.229 e. The first-order chi connectivity index (χ1) is 30.5. The summed E-state index contributed by atoms with van der Waals surface area (Å²) in [6.45, 7) is 3.53. The number of fused-ring (bicyclic) bond motifs is 4. The Hall–Kier alpha value is -7.18. The normalized spacial score (nSPS) is 15.3. The summed E-state index contributed by atoms with van der Waals surface area (Å²) in [5.74, 6) is -0.0685. The van der Waals surface area contributed by atoms with Crippen LogP contribution in [0.5, 0.6) is 0 Å². The Morgan fingerprint density at radius 3 is 0.758 bits per heavy atom. The van der Waals surface area contributed by atoms with Crippen LogP contribution in [0.2, 0.25) is 0 Å². The van der Waals surface area contributed by atoms with Gasteiger partial charge in [-0.3, -0.25) is 9.59 Å². The SMILES string of the molecule is O=C1C2=C(C(=O)C3=C1N(CCc1ccc4ccccc4c1)CN3CCc1ccc3ccccc3c1)N(CCc1ccc3ccccc3c1)CN2CCc1ccc2ccccc2c1. The summed E-state index contributed by atoms with van der Waals surface area (Å²) in [7, 11) is 0. The fraction of sp³-hybridized carbons (Fsp3) is 0.179. The Balaban J connectivity index is 0.921. The van der Waals surface area contributed by atoms with Crippen LogP contribution in [0, 0.1) is 0 Å². The standard InChI is InChI=1S/C56H48N4O2/c61-55-51-52(58(30-26-40-18-22-44-10-2-6-14-48(44)34-40)37-57(51)29-25-39-17-21-43-9-1-5-13-47(43)33-39)56(62)54-53(55)59(31-27-41-19-23-45-11-3-7-15-49(45)35-41)38-60(54)32-28-42-20-24-46-12-4-8-16-50(46)36-42/h1-24,33-36H,25-32,37-38H2. The fourth-order valence-corrected chi connectivity index (χ4v) is 9.89. The van der Waals surface area contributed by atoms with Crippen LogP contribution in [0.3, 0.4) is 0 Å². The van der Waals surface area contributed by atoms with E-state index in [0.29, 0.717) is 62.3 Å². The number of Topliss-reactive ketones (excluding diaryl/α,β-unsaturated/α-hetero) is 2. The lowest BCUT2D eigenvalue weighted by Gasteiger charge is -2.26. The maximum absolute atomic E-state index is 15.4. The minimum atomic E-state index is -0.0342. The molecule has 3 aliphatic rings. The van der Waals surface area contributed by atoms with Gasteiger partial charge in [0.2, 0.25) is 11.6 Å². The number of ketones is 2. The molecule has 8 aromatic rings. The topological polar surface area (TPSA) is 47.1 Å². The van der Waals surface area contributed by atoms with Gasteiger partial charge in [-0.15, -0.1) is 0 Å². The summed E-state index contributed by atoms with van der Waals surface area (Å²) in [6, 6.07) is 60.3. The highest BCUT2D eigenvalue weighted by atomic mass is 16.1. The average molecular weight is 809 g/mol. The Morgan fingerprint density at radius 1 is 0.290 bits per heavy atom. The van der Waals surface area contributed by atoms with Gasteiger partial charge in [0.1, 0.15) is 22.8 Å². The summed E-state index contributed by atoms with van der Waals surface area (Å²) < 4.78 is 0. The number of carbonyl (C=O) groups is 2. The molecule has 6 heteroatoms. The van der Waals surface area contributed by atoms with Crippen molar-refractivity contribution in [3.8, 4) is 0 Å². The smallest absolute Gasteiger partial charge is 0.229 e. The van der Waals surface area contributed by atoms with E-state index in [0.717, 1.165) is 25.7 Å². The van der Waals surface area contributed by atoms with Gasteiger partial charge >= 0.3 is 0 Å². The minimum absolute atomic E-state index is 0.0342. The largest absolute Gasteiger partial charge is 0.348 e. The molecule has 1 aliphatic carbocycles. The molecule has 0 spiro atoms. The molecule has 6 nitrogen and oxygen atoms in total. The van der Waals surface area contributed by atoms with Gasteiger partial charge in [-0.25, -0.2) is 0 Å². The van der Waals surface area contributed by atoms with Crippen LogP contribution >= 0.6 is 0 Å². The zero-order chi connectivity index (χ0) is 41.6. The molecule has 0 unspecified atom stereocenters. The quantitative estimate of drug-likeness (QED) is 0.115. The molecule has 0 atom stereocenters. The van der Waals surface area contributed by atoms with Crippen molar-refractivity contribution in [2.24, 2.45) is 0 Å². The number of hydrogen-bond donors (Lipinski definition) is 0. The van der Waals surface area contributed by atoms with E-state index in [1.807, 2.05) is 0 Å². The summed E-state index contributed by atoms with van der Waals surface area (Å²) in [5, 5.41) is 9.68. The molecule has 2 heterocycles. The highest BCUT2D eigenvalue weighted by molar-refractivity contribution is 6.25. The van der Waals surface area contributed by atoms with Gasteiger partial charge in [0.15, 0.2) is 0 Å². The Bertz CT molecular complexity index is 2720. The molecule has 0 N–H and O–H groups in total. The van der Waals surface area contributed by atoms with Gasteiger partial charge in [0.25, 0.3) is 0 Å². The van der Waals surface area contributed by atoms with Gasteiger partial charge in [0.05, 0.1) is 13.3 Å². The molecule has 2 aliphatic heterocycles. The van der Waals surface area contributed by atoms with Gasteiger partial charge in [-0.1, -0.05) is 170 Å². The van der Waals surface area contributed by atoms with Crippen LogP contribution < -0.4 is 0 Å². The van der Waals surface area contributed by atoms with E-state index in [-0.39, 0.29) is 11.6 Å². The second-order valence-electron chi connectivity index (χ2n) is 17.1. The third kappa shape index (κ3) is 7.15. The minimum Gasteiger partial charge on any atom is -0.348 e. The zero-order valence-corrected chi connectivity index (χ0v) is 34.8. The lowest BCUT2D eigenvalue weighted by atomic mass is 9.97. The molecule has 0 saturated heterocycles. The van der Waals surface area contributed by atoms with Gasteiger partial charge in [-0.05, 0) is 91.0 Å². The highest BCUT2D eigenvalue weighted by Gasteiger charge is 2.49. The van der Waals surface area contributed by atoms with Crippen molar-refractivity contribution < 1.29 is 9.59 Å². The van der Waals surface area contributed by atoms with E-state index in [1.165, 1.54) is 65.3 Å². The van der Waals surface area contributed by atoms with Crippen LogP contribution in [0.25, 0.3) is 43.1 Å².